The number of amides is 1. The van der Waals surface area contributed by atoms with Gasteiger partial charge in [0.2, 0.25) is 0 Å². The molecule has 86 valence electrons. The average Bonchev–Trinajstić information content (AvgIpc) is 2.26. The predicted molar refractivity (Wildman–Crippen MR) is 56.7 cm³/mol. The third-order valence-corrected chi connectivity index (χ3v) is 2.02. The highest BCUT2D eigenvalue weighted by Gasteiger charge is 2.17. The molecule has 0 unspecified atom stereocenters. The molecule has 0 aliphatic heterocycles. The second kappa shape index (κ2) is 4.58. The van der Waals surface area contributed by atoms with Crippen molar-refractivity contribution in [2.45, 2.75) is 0 Å². The van der Waals surface area contributed by atoms with E-state index in [1.807, 2.05) is 0 Å². The number of hydroxylamine groups is 1. The Morgan fingerprint density at radius 2 is 2.12 bits per heavy atom. The number of carbonyl (C=O) groups excluding carboxylic acids is 1. The highest BCUT2D eigenvalue weighted by atomic mass is 16.6. The standard InChI is InChI=1S/C9H11N3O4/c1-11(2)8-4-3-6(12(15)16)5-7(8)9(13)10-14/h3-5,14H,1-2H3,(H,10,13). The molecule has 0 heterocycles. The maximum atomic E-state index is 11.3. The second-order valence-electron chi connectivity index (χ2n) is 3.29. The number of hydrogen-bond acceptors (Lipinski definition) is 5. The first-order chi connectivity index (χ1) is 7.47. The molecule has 1 aromatic rings. The molecule has 1 amide bonds. The Bertz CT molecular complexity index is 431. The molecule has 7 heteroatoms. The number of hydrogen-bond donors (Lipinski definition) is 2. The van der Waals surface area contributed by atoms with Gasteiger partial charge in [-0.05, 0) is 6.07 Å². The lowest BCUT2D eigenvalue weighted by Gasteiger charge is -2.15. The van der Waals surface area contributed by atoms with Crippen molar-refractivity contribution in [1.82, 2.24) is 5.48 Å². The van der Waals surface area contributed by atoms with Gasteiger partial charge in [-0.3, -0.25) is 20.1 Å². The van der Waals surface area contributed by atoms with E-state index in [4.69, 9.17) is 5.21 Å². The zero-order valence-corrected chi connectivity index (χ0v) is 8.80. The Kier molecular flexibility index (Phi) is 3.41. The maximum Gasteiger partial charge on any atom is 0.276 e. The summed E-state index contributed by atoms with van der Waals surface area (Å²) < 4.78 is 0. The minimum Gasteiger partial charge on any atom is -0.377 e. The normalized spacial score (nSPS) is 9.69. The molecule has 0 radical (unpaired) electrons. The van der Waals surface area contributed by atoms with E-state index in [1.54, 1.807) is 19.0 Å². The van der Waals surface area contributed by atoms with Crippen LogP contribution >= 0.6 is 0 Å². The Hall–Kier alpha value is -2.15. The third kappa shape index (κ3) is 2.26. The van der Waals surface area contributed by atoms with Gasteiger partial charge in [-0.15, -0.1) is 0 Å². The van der Waals surface area contributed by atoms with Crippen LogP contribution in [0.5, 0.6) is 0 Å². The molecule has 7 nitrogen and oxygen atoms in total. The van der Waals surface area contributed by atoms with E-state index in [-0.39, 0.29) is 11.3 Å². The van der Waals surface area contributed by atoms with Gasteiger partial charge in [0.25, 0.3) is 11.6 Å². The summed E-state index contributed by atoms with van der Waals surface area (Å²) in [7, 11) is 3.38. The van der Waals surface area contributed by atoms with Crippen molar-refractivity contribution in [3.8, 4) is 0 Å². The molecular formula is C9H11N3O4. The molecule has 16 heavy (non-hydrogen) atoms. The third-order valence-electron chi connectivity index (χ3n) is 2.02. The van der Waals surface area contributed by atoms with Crippen molar-refractivity contribution in [3.63, 3.8) is 0 Å². The van der Waals surface area contributed by atoms with E-state index in [2.05, 4.69) is 0 Å². The van der Waals surface area contributed by atoms with Crippen LogP contribution in [0.1, 0.15) is 10.4 Å². The van der Waals surface area contributed by atoms with E-state index in [0.29, 0.717) is 5.69 Å². The summed E-state index contributed by atoms with van der Waals surface area (Å²) in [5.74, 6) is -0.785. The average molecular weight is 225 g/mol. The summed E-state index contributed by atoms with van der Waals surface area (Å²) in [6, 6.07) is 3.85. The van der Waals surface area contributed by atoms with Crippen LogP contribution in [-0.4, -0.2) is 30.1 Å². The van der Waals surface area contributed by atoms with Crippen LogP contribution in [0.2, 0.25) is 0 Å². The summed E-state index contributed by atoms with van der Waals surface area (Å²) in [4.78, 5) is 22.9. The lowest BCUT2D eigenvalue weighted by atomic mass is 10.1. The fraction of sp³-hybridized carbons (Fsp3) is 0.222. The zero-order chi connectivity index (χ0) is 12.3. The van der Waals surface area contributed by atoms with Crippen LogP contribution < -0.4 is 10.4 Å². The highest BCUT2D eigenvalue weighted by molar-refractivity contribution is 5.99. The molecule has 0 fully saturated rings. The largest absolute Gasteiger partial charge is 0.377 e. The Morgan fingerprint density at radius 3 is 2.56 bits per heavy atom. The van der Waals surface area contributed by atoms with E-state index >= 15 is 0 Å². The Morgan fingerprint density at radius 1 is 1.50 bits per heavy atom. The van der Waals surface area contributed by atoms with Crippen LogP contribution in [-0.2, 0) is 0 Å². The number of benzene rings is 1. The second-order valence-corrected chi connectivity index (χ2v) is 3.29. The van der Waals surface area contributed by atoms with Crippen molar-refractivity contribution in [2.24, 2.45) is 0 Å². The monoisotopic (exact) mass is 225 g/mol. The van der Waals surface area contributed by atoms with Gasteiger partial charge in [-0.2, -0.15) is 0 Å². The summed E-state index contributed by atoms with van der Waals surface area (Å²) >= 11 is 0. The van der Waals surface area contributed by atoms with Crippen LogP contribution in [0, 0.1) is 10.1 Å². The Balaban J connectivity index is 3.32. The van der Waals surface area contributed by atoms with Crippen molar-refractivity contribution in [2.75, 3.05) is 19.0 Å². The molecule has 0 spiro atoms. The lowest BCUT2D eigenvalue weighted by molar-refractivity contribution is -0.384. The number of rotatable bonds is 3. The fourth-order valence-corrected chi connectivity index (χ4v) is 1.27. The number of nitrogens with zero attached hydrogens (tertiary/aromatic N) is 2. The molecule has 0 aliphatic rings. The number of anilines is 1. The van der Waals surface area contributed by atoms with Gasteiger partial charge >= 0.3 is 0 Å². The van der Waals surface area contributed by atoms with Gasteiger partial charge < -0.3 is 4.90 Å². The van der Waals surface area contributed by atoms with Crippen molar-refractivity contribution in [3.05, 3.63) is 33.9 Å². The molecule has 1 rings (SSSR count). The fourth-order valence-electron chi connectivity index (χ4n) is 1.27. The summed E-state index contributed by atoms with van der Waals surface area (Å²) in [5.41, 5.74) is 1.78. The SMILES string of the molecule is CN(C)c1ccc([N+](=O)[O-])cc1C(=O)NO. The molecule has 0 saturated heterocycles. The quantitative estimate of drug-likeness (QED) is 0.450. The van der Waals surface area contributed by atoms with Crippen LogP contribution in [0.25, 0.3) is 0 Å². The van der Waals surface area contributed by atoms with Crippen molar-refractivity contribution >= 4 is 17.3 Å². The van der Waals surface area contributed by atoms with Crippen LogP contribution in [0.3, 0.4) is 0 Å². The molecule has 2 N–H and O–H groups in total. The first-order valence-corrected chi connectivity index (χ1v) is 4.37. The van der Waals surface area contributed by atoms with Crippen molar-refractivity contribution < 1.29 is 14.9 Å². The van der Waals surface area contributed by atoms with E-state index in [0.717, 1.165) is 6.07 Å². The van der Waals surface area contributed by atoms with Gasteiger partial charge in [-0.1, -0.05) is 0 Å². The summed E-state index contributed by atoms with van der Waals surface area (Å²) in [6.45, 7) is 0. The van der Waals surface area contributed by atoms with Gasteiger partial charge in [0.1, 0.15) is 0 Å². The van der Waals surface area contributed by atoms with Gasteiger partial charge in [-0.25, -0.2) is 5.48 Å². The predicted octanol–water partition coefficient (Wildman–Crippen LogP) is 0.780. The number of non-ortho nitro benzene ring substituents is 1. The molecule has 0 aliphatic carbocycles. The van der Waals surface area contributed by atoms with Crippen LogP contribution in [0.15, 0.2) is 18.2 Å². The van der Waals surface area contributed by atoms with Crippen LogP contribution in [0.4, 0.5) is 11.4 Å². The smallest absolute Gasteiger partial charge is 0.276 e. The molecule has 1 aromatic carbocycles. The summed E-state index contributed by atoms with van der Waals surface area (Å²) in [6.07, 6.45) is 0. The minimum atomic E-state index is -0.785. The maximum absolute atomic E-state index is 11.3. The summed E-state index contributed by atoms with van der Waals surface area (Å²) in [5, 5.41) is 19.1. The van der Waals surface area contributed by atoms with E-state index < -0.39 is 10.8 Å². The lowest BCUT2D eigenvalue weighted by Crippen LogP contribution is -2.22. The first-order valence-electron chi connectivity index (χ1n) is 4.37. The highest BCUT2D eigenvalue weighted by Crippen LogP contribution is 2.23. The molecule has 0 saturated carbocycles. The molecule has 0 atom stereocenters. The topological polar surface area (TPSA) is 95.7 Å². The molecule has 0 bridgehead atoms. The number of carbonyl (C=O) groups is 1. The molecule has 0 aromatic heterocycles. The van der Waals surface area contributed by atoms with E-state index in [9.17, 15) is 14.9 Å². The first kappa shape index (κ1) is 11.9. The van der Waals surface area contributed by atoms with Gasteiger partial charge in [0.15, 0.2) is 0 Å². The number of nitrogens with one attached hydrogen (secondary N) is 1. The zero-order valence-electron chi connectivity index (χ0n) is 8.80. The number of nitro benzene ring substituents is 1. The van der Waals surface area contributed by atoms with Crippen molar-refractivity contribution in [1.29, 1.82) is 0 Å². The van der Waals surface area contributed by atoms with Gasteiger partial charge in [0.05, 0.1) is 10.5 Å². The van der Waals surface area contributed by atoms with Gasteiger partial charge in [0, 0.05) is 31.9 Å². The van der Waals surface area contributed by atoms with E-state index in [1.165, 1.54) is 17.6 Å². The minimum absolute atomic E-state index is 0.0432. The Labute approximate surface area is 91.4 Å². The number of nitro groups is 1. The molecular weight excluding hydrogens is 214 g/mol.